The lowest BCUT2D eigenvalue weighted by Crippen LogP contribution is -2.25. The molecule has 4 nitrogen and oxygen atoms in total. The highest BCUT2D eigenvalue weighted by Gasteiger charge is 2.22. The van der Waals surface area contributed by atoms with Gasteiger partial charge in [-0.05, 0) is 23.3 Å². The van der Waals surface area contributed by atoms with Crippen molar-refractivity contribution in [3.05, 3.63) is 53.6 Å². The third-order valence-corrected chi connectivity index (χ3v) is 2.62. The molecule has 1 aliphatic carbocycles. The molecular formula is C13H12O4. The normalized spacial score (nSPS) is 17.6. The van der Waals surface area contributed by atoms with Crippen LogP contribution >= 0.6 is 0 Å². The first-order valence-corrected chi connectivity index (χ1v) is 5.16. The van der Waals surface area contributed by atoms with Crippen molar-refractivity contribution >= 4 is 11.5 Å². The number of rotatable bonds is 2. The van der Waals surface area contributed by atoms with Crippen LogP contribution in [0.5, 0.6) is 0 Å². The largest absolute Gasteiger partial charge is 0.478 e. The highest BCUT2D eigenvalue weighted by atomic mass is 16.5. The fourth-order valence-electron chi connectivity index (χ4n) is 1.74. The fourth-order valence-corrected chi connectivity index (χ4v) is 1.74. The van der Waals surface area contributed by atoms with Gasteiger partial charge in [0, 0.05) is 6.42 Å². The molecule has 0 unspecified atom stereocenters. The number of benzene rings is 1. The maximum Gasteiger partial charge on any atom is 0.336 e. The summed E-state index contributed by atoms with van der Waals surface area (Å²) in [5.41, 5.74) is 1.46. The molecule has 4 heteroatoms. The maximum absolute atomic E-state index is 11.0. The van der Waals surface area contributed by atoms with Gasteiger partial charge >= 0.3 is 5.97 Å². The van der Waals surface area contributed by atoms with E-state index in [0.29, 0.717) is 11.1 Å². The zero-order chi connectivity index (χ0) is 12.5. The van der Waals surface area contributed by atoms with E-state index in [1.54, 1.807) is 24.3 Å². The molecule has 0 atom stereocenters. The van der Waals surface area contributed by atoms with Crippen molar-refractivity contribution in [2.75, 3.05) is 0 Å². The number of carbonyl (C=O) groups is 1. The van der Waals surface area contributed by atoms with Gasteiger partial charge in [-0.15, -0.1) is 0 Å². The van der Waals surface area contributed by atoms with Crippen molar-refractivity contribution < 1.29 is 20.1 Å². The molecule has 0 spiro atoms. The van der Waals surface area contributed by atoms with Crippen molar-refractivity contribution in [2.45, 2.75) is 12.2 Å². The van der Waals surface area contributed by atoms with Crippen molar-refractivity contribution in [3.8, 4) is 0 Å². The van der Waals surface area contributed by atoms with Gasteiger partial charge in [-0.2, -0.15) is 0 Å². The van der Waals surface area contributed by atoms with Gasteiger partial charge in [-0.25, -0.2) is 4.79 Å². The molecule has 0 saturated heterocycles. The Bertz CT molecular complexity index is 512. The molecule has 2 rings (SSSR count). The van der Waals surface area contributed by atoms with Gasteiger partial charge < -0.3 is 15.3 Å². The van der Waals surface area contributed by atoms with Gasteiger partial charge in [0.05, 0.1) is 5.56 Å². The zero-order valence-electron chi connectivity index (χ0n) is 9.00. The summed E-state index contributed by atoms with van der Waals surface area (Å²) in [4.78, 5) is 11.0. The number of hydrogen-bond donors (Lipinski definition) is 3. The third-order valence-electron chi connectivity index (χ3n) is 2.62. The second kappa shape index (κ2) is 4.16. The van der Waals surface area contributed by atoms with Crippen LogP contribution in [0.15, 0.2) is 42.5 Å². The van der Waals surface area contributed by atoms with Crippen LogP contribution in [0.2, 0.25) is 0 Å². The van der Waals surface area contributed by atoms with Crippen molar-refractivity contribution in [1.29, 1.82) is 0 Å². The minimum absolute atomic E-state index is 0.0484. The lowest BCUT2D eigenvalue weighted by molar-refractivity contribution is -0.114. The first kappa shape index (κ1) is 11.6. The van der Waals surface area contributed by atoms with Crippen LogP contribution in [0.3, 0.4) is 0 Å². The highest BCUT2D eigenvalue weighted by molar-refractivity contribution is 5.95. The Labute approximate surface area is 98.1 Å². The van der Waals surface area contributed by atoms with Gasteiger partial charge in [-0.3, -0.25) is 0 Å². The Morgan fingerprint density at radius 1 is 1.24 bits per heavy atom. The molecule has 1 aromatic carbocycles. The molecule has 0 aromatic heterocycles. The van der Waals surface area contributed by atoms with Crippen LogP contribution in [-0.4, -0.2) is 27.1 Å². The van der Waals surface area contributed by atoms with Crippen molar-refractivity contribution in [2.24, 2.45) is 0 Å². The summed E-state index contributed by atoms with van der Waals surface area (Å²) in [6, 6.07) is 6.62. The van der Waals surface area contributed by atoms with Crippen LogP contribution in [0.1, 0.15) is 22.3 Å². The second-order valence-electron chi connectivity index (χ2n) is 3.93. The summed E-state index contributed by atoms with van der Waals surface area (Å²) >= 11 is 0. The summed E-state index contributed by atoms with van der Waals surface area (Å²) in [6.07, 6.45) is 4.43. The number of carboxylic acids is 1. The van der Waals surface area contributed by atoms with Crippen molar-refractivity contribution in [1.82, 2.24) is 0 Å². The summed E-state index contributed by atoms with van der Waals surface area (Å²) in [5, 5.41) is 27.7. The smallest absolute Gasteiger partial charge is 0.336 e. The Morgan fingerprint density at radius 3 is 2.53 bits per heavy atom. The van der Waals surface area contributed by atoms with E-state index < -0.39 is 11.8 Å². The second-order valence-corrected chi connectivity index (χ2v) is 3.93. The summed E-state index contributed by atoms with van der Waals surface area (Å²) < 4.78 is 0. The SMILES string of the molecule is O=C(O)c1ccccc1C1=CCC(O)(O)C=C1. The minimum Gasteiger partial charge on any atom is -0.478 e. The number of aromatic carboxylic acids is 1. The maximum atomic E-state index is 11.0. The van der Waals surface area contributed by atoms with E-state index in [-0.39, 0.29) is 12.0 Å². The summed E-state index contributed by atoms with van der Waals surface area (Å²) in [5.74, 6) is -2.83. The number of hydrogen-bond acceptors (Lipinski definition) is 3. The van der Waals surface area contributed by atoms with Gasteiger partial charge in [0.1, 0.15) is 0 Å². The molecule has 0 fully saturated rings. The lowest BCUT2D eigenvalue weighted by Gasteiger charge is -2.20. The predicted octanol–water partition coefficient (Wildman–Crippen LogP) is 1.41. The third kappa shape index (κ3) is 2.43. The topological polar surface area (TPSA) is 77.8 Å². The molecule has 0 amide bonds. The Balaban J connectivity index is 2.40. The standard InChI is InChI=1S/C13H12O4/c14-12(15)11-4-2-1-3-10(11)9-5-7-13(16,17)8-6-9/h1-7,16-17H,8H2,(H,14,15). The molecule has 3 N–H and O–H groups in total. The number of aliphatic hydroxyl groups is 2. The van der Waals surface area contributed by atoms with Gasteiger partial charge in [-0.1, -0.05) is 30.4 Å². The van der Waals surface area contributed by atoms with Crippen LogP contribution in [-0.2, 0) is 0 Å². The average Bonchev–Trinajstić information content (AvgIpc) is 2.29. The highest BCUT2D eigenvalue weighted by Crippen LogP contribution is 2.27. The predicted molar refractivity (Wildman–Crippen MR) is 62.3 cm³/mol. The van der Waals surface area contributed by atoms with Crippen molar-refractivity contribution in [3.63, 3.8) is 0 Å². The van der Waals surface area contributed by atoms with E-state index in [0.717, 1.165) is 0 Å². The Morgan fingerprint density at radius 2 is 1.94 bits per heavy atom. The van der Waals surface area contributed by atoms with Gasteiger partial charge in [0.2, 0.25) is 0 Å². The molecule has 0 bridgehead atoms. The van der Waals surface area contributed by atoms with Crippen LogP contribution in [0.25, 0.3) is 5.57 Å². The van der Waals surface area contributed by atoms with Gasteiger partial charge in [0.25, 0.3) is 0 Å². The molecule has 1 aliphatic rings. The first-order valence-electron chi connectivity index (χ1n) is 5.16. The molecule has 88 valence electrons. The quantitative estimate of drug-likeness (QED) is 0.674. The van der Waals surface area contributed by atoms with E-state index >= 15 is 0 Å². The van der Waals surface area contributed by atoms with E-state index in [2.05, 4.69) is 0 Å². The molecule has 0 radical (unpaired) electrons. The average molecular weight is 232 g/mol. The molecular weight excluding hydrogens is 220 g/mol. The van der Waals surface area contributed by atoms with E-state index in [4.69, 9.17) is 5.11 Å². The Kier molecular flexibility index (Phi) is 2.83. The first-order chi connectivity index (χ1) is 7.99. The molecule has 0 aliphatic heterocycles. The zero-order valence-corrected chi connectivity index (χ0v) is 9.00. The lowest BCUT2D eigenvalue weighted by atomic mass is 9.93. The van der Waals surface area contributed by atoms with E-state index in [9.17, 15) is 15.0 Å². The number of allylic oxidation sites excluding steroid dienone is 2. The van der Waals surface area contributed by atoms with Gasteiger partial charge in [0.15, 0.2) is 5.79 Å². The van der Waals surface area contributed by atoms with E-state index in [1.165, 1.54) is 18.2 Å². The van der Waals surface area contributed by atoms with Crippen LogP contribution < -0.4 is 0 Å². The minimum atomic E-state index is -1.83. The fraction of sp³-hybridized carbons (Fsp3) is 0.154. The molecule has 0 heterocycles. The van der Waals surface area contributed by atoms with E-state index in [1.807, 2.05) is 0 Å². The Hall–Kier alpha value is -1.91. The monoisotopic (exact) mass is 232 g/mol. The molecule has 17 heavy (non-hydrogen) atoms. The molecule has 1 aromatic rings. The van der Waals surface area contributed by atoms with Crippen LogP contribution in [0, 0.1) is 0 Å². The summed E-state index contributed by atoms with van der Waals surface area (Å²) in [7, 11) is 0. The molecule has 0 saturated carbocycles. The van der Waals surface area contributed by atoms with Crippen LogP contribution in [0.4, 0.5) is 0 Å². The summed E-state index contributed by atoms with van der Waals surface area (Å²) in [6.45, 7) is 0. The number of carboxylic acid groups (broad SMARTS) is 1.